The molecule has 0 aliphatic rings. The fourth-order valence-corrected chi connectivity index (χ4v) is 1.76. The summed E-state index contributed by atoms with van der Waals surface area (Å²) in [6.45, 7) is 4.68. The smallest absolute Gasteiger partial charge is 0.305 e. The van der Waals surface area contributed by atoms with Crippen LogP contribution >= 0.6 is 0 Å². The number of methoxy groups -OCH3 is 1. The summed E-state index contributed by atoms with van der Waals surface area (Å²) in [6, 6.07) is 0. The van der Waals surface area contributed by atoms with Crippen molar-refractivity contribution in [1.82, 2.24) is 0 Å². The molecule has 0 saturated heterocycles. The van der Waals surface area contributed by atoms with Gasteiger partial charge in [-0.3, -0.25) is 4.79 Å². The molecule has 0 amide bonds. The molecular weight excluding hydrogens is 228 g/mol. The zero-order chi connectivity index (χ0) is 13.6. The van der Waals surface area contributed by atoms with Crippen LogP contribution < -0.4 is 0 Å². The minimum atomic E-state index is -0.0631. The van der Waals surface area contributed by atoms with E-state index in [2.05, 4.69) is 6.92 Å². The van der Waals surface area contributed by atoms with Crippen LogP contribution in [0.25, 0.3) is 0 Å². The molecule has 108 valence electrons. The quantitative estimate of drug-likeness (QED) is 0.390. The van der Waals surface area contributed by atoms with E-state index in [-0.39, 0.29) is 12.1 Å². The van der Waals surface area contributed by atoms with Gasteiger partial charge in [-0.25, -0.2) is 0 Å². The molecule has 3 heteroatoms. The van der Waals surface area contributed by atoms with Crippen LogP contribution in [0.2, 0.25) is 0 Å². The van der Waals surface area contributed by atoms with E-state index >= 15 is 0 Å². The lowest BCUT2D eigenvalue weighted by Crippen LogP contribution is -2.12. The number of unbranched alkanes of at least 4 members (excludes halogenated alkanes) is 6. The maximum Gasteiger partial charge on any atom is 0.305 e. The van der Waals surface area contributed by atoms with Gasteiger partial charge in [0.15, 0.2) is 0 Å². The number of rotatable bonds is 12. The normalized spacial score (nSPS) is 12.4. The standard InChI is InChI=1S/C15H30O3/c1-4-5-6-7-8-9-10-11-15(16)18-13-12-14(2)17-3/h14H,4-13H2,1-3H3. The molecule has 0 aromatic carbocycles. The van der Waals surface area contributed by atoms with Gasteiger partial charge in [0.05, 0.1) is 12.7 Å². The predicted octanol–water partition coefficient (Wildman–Crippen LogP) is 4.10. The number of carbonyl (C=O) groups excluding carboxylic acids is 1. The third kappa shape index (κ3) is 11.9. The molecular formula is C15H30O3. The fraction of sp³-hybridized carbons (Fsp3) is 0.933. The van der Waals surface area contributed by atoms with Crippen LogP contribution in [0.5, 0.6) is 0 Å². The molecule has 0 rings (SSSR count). The second-order valence-corrected chi connectivity index (χ2v) is 4.93. The Labute approximate surface area is 112 Å². The summed E-state index contributed by atoms with van der Waals surface area (Å²) < 4.78 is 10.2. The minimum Gasteiger partial charge on any atom is -0.466 e. The van der Waals surface area contributed by atoms with Gasteiger partial charge >= 0.3 is 5.97 Å². The van der Waals surface area contributed by atoms with Gasteiger partial charge in [-0.1, -0.05) is 45.4 Å². The number of ether oxygens (including phenoxy) is 2. The van der Waals surface area contributed by atoms with Crippen LogP contribution in [0.4, 0.5) is 0 Å². The summed E-state index contributed by atoms with van der Waals surface area (Å²) in [5.74, 6) is -0.0631. The van der Waals surface area contributed by atoms with E-state index in [4.69, 9.17) is 9.47 Å². The molecule has 0 spiro atoms. The number of hydrogen-bond acceptors (Lipinski definition) is 3. The fourth-order valence-electron chi connectivity index (χ4n) is 1.76. The molecule has 0 fully saturated rings. The highest BCUT2D eigenvalue weighted by Crippen LogP contribution is 2.09. The Morgan fingerprint density at radius 2 is 1.67 bits per heavy atom. The first-order chi connectivity index (χ1) is 8.70. The van der Waals surface area contributed by atoms with Crippen LogP contribution in [0, 0.1) is 0 Å². The molecule has 3 nitrogen and oxygen atoms in total. The first-order valence-corrected chi connectivity index (χ1v) is 7.39. The lowest BCUT2D eigenvalue weighted by atomic mass is 10.1. The lowest BCUT2D eigenvalue weighted by molar-refractivity contribution is -0.144. The first kappa shape index (κ1) is 17.4. The number of esters is 1. The van der Waals surface area contributed by atoms with Gasteiger partial charge in [-0.2, -0.15) is 0 Å². The Balaban J connectivity index is 3.22. The molecule has 0 bridgehead atoms. The molecule has 0 aromatic rings. The van der Waals surface area contributed by atoms with E-state index < -0.39 is 0 Å². The highest BCUT2D eigenvalue weighted by Gasteiger charge is 2.04. The molecule has 0 aliphatic carbocycles. The van der Waals surface area contributed by atoms with Crippen molar-refractivity contribution in [3.8, 4) is 0 Å². The molecule has 0 radical (unpaired) electrons. The number of hydrogen-bond donors (Lipinski definition) is 0. The summed E-state index contributed by atoms with van der Waals surface area (Å²) in [4.78, 5) is 11.4. The highest BCUT2D eigenvalue weighted by molar-refractivity contribution is 5.69. The van der Waals surface area contributed by atoms with Crippen molar-refractivity contribution in [2.75, 3.05) is 13.7 Å². The summed E-state index contributed by atoms with van der Waals surface area (Å²) >= 11 is 0. The predicted molar refractivity (Wildman–Crippen MR) is 74.7 cm³/mol. The Kier molecular flexibility index (Phi) is 12.5. The molecule has 1 unspecified atom stereocenters. The molecule has 0 aromatic heterocycles. The van der Waals surface area contributed by atoms with Crippen molar-refractivity contribution in [2.45, 2.75) is 77.7 Å². The zero-order valence-electron chi connectivity index (χ0n) is 12.4. The maximum absolute atomic E-state index is 11.4. The van der Waals surface area contributed by atoms with Gasteiger partial charge in [0.2, 0.25) is 0 Å². The van der Waals surface area contributed by atoms with Crippen molar-refractivity contribution in [3.05, 3.63) is 0 Å². The van der Waals surface area contributed by atoms with Crippen LogP contribution in [0.15, 0.2) is 0 Å². The van der Waals surface area contributed by atoms with Crippen molar-refractivity contribution < 1.29 is 14.3 Å². The Morgan fingerprint density at radius 3 is 2.28 bits per heavy atom. The molecule has 0 N–H and O–H groups in total. The Hall–Kier alpha value is -0.570. The average Bonchev–Trinajstić information content (AvgIpc) is 2.37. The van der Waals surface area contributed by atoms with Gasteiger partial charge in [-0.15, -0.1) is 0 Å². The van der Waals surface area contributed by atoms with E-state index in [1.54, 1.807) is 7.11 Å². The van der Waals surface area contributed by atoms with Crippen LogP contribution in [0.3, 0.4) is 0 Å². The summed E-state index contributed by atoms with van der Waals surface area (Å²) in [6.07, 6.45) is 10.1. The monoisotopic (exact) mass is 258 g/mol. The molecule has 1 atom stereocenters. The Bertz CT molecular complexity index is 192. The minimum absolute atomic E-state index is 0.0631. The number of carbonyl (C=O) groups is 1. The average molecular weight is 258 g/mol. The third-order valence-electron chi connectivity index (χ3n) is 3.17. The highest BCUT2D eigenvalue weighted by atomic mass is 16.5. The van der Waals surface area contributed by atoms with Crippen molar-refractivity contribution in [3.63, 3.8) is 0 Å². The SMILES string of the molecule is CCCCCCCCCC(=O)OCCC(C)OC. The lowest BCUT2D eigenvalue weighted by Gasteiger charge is -2.09. The van der Waals surface area contributed by atoms with Crippen LogP contribution in [-0.4, -0.2) is 25.8 Å². The third-order valence-corrected chi connectivity index (χ3v) is 3.17. The summed E-state index contributed by atoms with van der Waals surface area (Å²) in [5.41, 5.74) is 0. The molecule has 0 aliphatic heterocycles. The molecule has 0 saturated carbocycles. The van der Waals surface area contributed by atoms with Gasteiger partial charge in [0.1, 0.15) is 0 Å². The van der Waals surface area contributed by atoms with E-state index in [1.807, 2.05) is 6.92 Å². The topological polar surface area (TPSA) is 35.5 Å². The van der Waals surface area contributed by atoms with Crippen molar-refractivity contribution in [1.29, 1.82) is 0 Å². The van der Waals surface area contributed by atoms with E-state index in [1.165, 1.54) is 32.1 Å². The second kappa shape index (κ2) is 12.9. The van der Waals surface area contributed by atoms with Crippen LogP contribution in [-0.2, 0) is 14.3 Å². The van der Waals surface area contributed by atoms with Gasteiger partial charge in [-0.05, 0) is 13.3 Å². The molecule has 18 heavy (non-hydrogen) atoms. The largest absolute Gasteiger partial charge is 0.466 e. The maximum atomic E-state index is 11.4. The second-order valence-electron chi connectivity index (χ2n) is 4.93. The summed E-state index contributed by atoms with van der Waals surface area (Å²) in [5, 5.41) is 0. The Morgan fingerprint density at radius 1 is 1.06 bits per heavy atom. The molecule has 0 heterocycles. The summed E-state index contributed by atoms with van der Waals surface area (Å²) in [7, 11) is 1.67. The van der Waals surface area contributed by atoms with Gasteiger partial charge in [0.25, 0.3) is 0 Å². The van der Waals surface area contributed by atoms with Gasteiger partial charge < -0.3 is 9.47 Å². The van der Waals surface area contributed by atoms with Crippen molar-refractivity contribution in [2.24, 2.45) is 0 Å². The van der Waals surface area contributed by atoms with E-state index in [0.29, 0.717) is 13.0 Å². The zero-order valence-corrected chi connectivity index (χ0v) is 12.4. The van der Waals surface area contributed by atoms with E-state index in [0.717, 1.165) is 19.3 Å². The van der Waals surface area contributed by atoms with Gasteiger partial charge in [0, 0.05) is 20.0 Å². The van der Waals surface area contributed by atoms with E-state index in [9.17, 15) is 4.79 Å². The van der Waals surface area contributed by atoms with Crippen LogP contribution in [0.1, 0.15) is 71.6 Å². The first-order valence-electron chi connectivity index (χ1n) is 7.39. The van der Waals surface area contributed by atoms with Crippen molar-refractivity contribution >= 4 is 5.97 Å².